The predicted octanol–water partition coefficient (Wildman–Crippen LogP) is 1.28. The summed E-state index contributed by atoms with van der Waals surface area (Å²) in [5, 5.41) is 14.6. The van der Waals surface area contributed by atoms with E-state index in [9.17, 15) is 9.59 Å². The molecule has 1 fully saturated rings. The first kappa shape index (κ1) is 15.0. The summed E-state index contributed by atoms with van der Waals surface area (Å²) >= 11 is 0. The van der Waals surface area contributed by atoms with Gasteiger partial charge in [-0.15, -0.1) is 0 Å². The fourth-order valence-corrected chi connectivity index (χ4v) is 2.17. The molecule has 0 spiro atoms. The summed E-state index contributed by atoms with van der Waals surface area (Å²) in [7, 11) is 0. The zero-order chi connectivity index (χ0) is 13.2. The van der Waals surface area contributed by atoms with Gasteiger partial charge in [0.2, 0.25) is 5.91 Å². The average molecular weight is 256 g/mol. The standard InChI is InChI=1S/C13H24N2O3/c16-12(17)8-3-1-2-5-10-15-13(18)11-7-4-6-9-14-11/h11,14H,1-10H2,(H,15,18)(H,16,17)/t11-/m1/s1. The number of unbranched alkanes of at least 4 members (excludes halogenated alkanes) is 3. The quantitative estimate of drug-likeness (QED) is 0.572. The van der Waals surface area contributed by atoms with E-state index in [1.54, 1.807) is 0 Å². The van der Waals surface area contributed by atoms with E-state index in [1.807, 2.05) is 0 Å². The first-order valence-corrected chi connectivity index (χ1v) is 6.93. The Bertz CT molecular complexity index is 263. The van der Waals surface area contributed by atoms with Crippen molar-refractivity contribution in [1.29, 1.82) is 0 Å². The Morgan fingerprint density at radius 3 is 2.61 bits per heavy atom. The second-order valence-corrected chi connectivity index (χ2v) is 4.85. The molecule has 18 heavy (non-hydrogen) atoms. The van der Waals surface area contributed by atoms with Crippen LogP contribution in [0.4, 0.5) is 0 Å². The van der Waals surface area contributed by atoms with E-state index in [4.69, 9.17) is 5.11 Å². The Morgan fingerprint density at radius 2 is 1.94 bits per heavy atom. The van der Waals surface area contributed by atoms with Gasteiger partial charge in [-0.25, -0.2) is 0 Å². The highest BCUT2D eigenvalue weighted by atomic mass is 16.4. The molecule has 5 heteroatoms. The number of piperidine rings is 1. The highest BCUT2D eigenvalue weighted by Gasteiger charge is 2.19. The van der Waals surface area contributed by atoms with E-state index in [2.05, 4.69) is 10.6 Å². The molecule has 1 heterocycles. The minimum absolute atomic E-state index is 0.00856. The number of amides is 1. The van der Waals surface area contributed by atoms with E-state index >= 15 is 0 Å². The van der Waals surface area contributed by atoms with E-state index in [1.165, 1.54) is 0 Å². The minimum Gasteiger partial charge on any atom is -0.481 e. The Balaban J connectivity index is 1.93. The van der Waals surface area contributed by atoms with Crippen molar-refractivity contribution in [3.8, 4) is 0 Å². The number of aliphatic carboxylic acids is 1. The largest absolute Gasteiger partial charge is 0.481 e. The fourth-order valence-electron chi connectivity index (χ4n) is 2.17. The fraction of sp³-hybridized carbons (Fsp3) is 0.846. The lowest BCUT2D eigenvalue weighted by molar-refractivity contribution is -0.137. The summed E-state index contributed by atoms with van der Waals surface area (Å²) in [6.45, 7) is 1.64. The Labute approximate surface area is 108 Å². The Hall–Kier alpha value is -1.10. The third-order valence-corrected chi connectivity index (χ3v) is 3.24. The second-order valence-electron chi connectivity index (χ2n) is 4.85. The molecule has 1 amide bonds. The number of nitrogens with one attached hydrogen (secondary N) is 2. The van der Waals surface area contributed by atoms with Crippen molar-refractivity contribution in [2.24, 2.45) is 0 Å². The monoisotopic (exact) mass is 256 g/mol. The molecule has 0 aromatic heterocycles. The van der Waals surface area contributed by atoms with Gasteiger partial charge in [-0.3, -0.25) is 9.59 Å². The van der Waals surface area contributed by atoms with Crippen molar-refractivity contribution in [1.82, 2.24) is 10.6 Å². The van der Waals surface area contributed by atoms with Crippen LogP contribution in [-0.4, -0.2) is 36.1 Å². The lowest BCUT2D eigenvalue weighted by Crippen LogP contribution is -2.46. The molecule has 5 nitrogen and oxygen atoms in total. The van der Waals surface area contributed by atoms with Gasteiger partial charge >= 0.3 is 5.97 Å². The van der Waals surface area contributed by atoms with Crippen LogP contribution >= 0.6 is 0 Å². The van der Waals surface area contributed by atoms with Gasteiger partial charge in [0.15, 0.2) is 0 Å². The number of rotatable bonds is 8. The maximum atomic E-state index is 11.7. The normalized spacial score (nSPS) is 19.4. The second kappa shape index (κ2) is 8.91. The SMILES string of the molecule is O=C(O)CCCCCCNC(=O)[C@H]1CCCCN1. The number of hydrogen-bond donors (Lipinski definition) is 3. The van der Waals surface area contributed by atoms with Crippen LogP contribution in [0.25, 0.3) is 0 Å². The molecule has 3 N–H and O–H groups in total. The van der Waals surface area contributed by atoms with Crippen LogP contribution in [0.1, 0.15) is 51.4 Å². The Morgan fingerprint density at radius 1 is 1.17 bits per heavy atom. The topological polar surface area (TPSA) is 78.4 Å². The van der Waals surface area contributed by atoms with Crippen molar-refractivity contribution in [3.63, 3.8) is 0 Å². The van der Waals surface area contributed by atoms with Crippen LogP contribution in [0.2, 0.25) is 0 Å². The van der Waals surface area contributed by atoms with Gasteiger partial charge < -0.3 is 15.7 Å². The molecule has 0 radical (unpaired) electrons. The molecular formula is C13H24N2O3. The molecule has 0 bridgehead atoms. The molecule has 1 saturated heterocycles. The molecule has 0 aromatic carbocycles. The van der Waals surface area contributed by atoms with Crippen molar-refractivity contribution >= 4 is 11.9 Å². The van der Waals surface area contributed by atoms with Crippen LogP contribution in [0.3, 0.4) is 0 Å². The molecule has 104 valence electrons. The van der Waals surface area contributed by atoms with Gasteiger partial charge in [-0.05, 0) is 32.2 Å². The maximum Gasteiger partial charge on any atom is 0.303 e. The Kier molecular flexibility index (Phi) is 7.41. The zero-order valence-corrected chi connectivity index (χ0v) is 10.9. The van der Waals surface area contributed by atoms with Gasteiger partial charge in [0.25, 0.3) is 0 Å². The third-order valence-electron chi connectivity index (χ3n) is 3.24. The first-order valence-electron chi connectivity index (χ1n) is 6.93. The summed E-state index contributed by atoms with van der Waals surface area (Å²) in [5.41, 5.74) is 0. The van der Waals surface area contributed by atoms with Gasteiger partial charge in [-0.2, -0.15) is 0 Å². The van der Waals surface area contributed by atoms with Crippen LogP contribution in [0, 0.1) is 0 Å². The van der Waals surface area contributed by atoms with Crippen LogP contribution in [0.5, 0.6) is 0 Å². The van der Waals surface area contributed by atoms with Crippen molar-refractivity contribution in [2.75, 3.05) is 13.1 Å². The molecule has 0 aromatic rings. The third kappa shape index (κ3) is 6.59. The molecule has 0 unspecified atom stereocenters. The molecule has 1 atom stereocenters. The minimum atomic E-state index is -0.730. The number of carbonyl (C=O) groups is 2. The van der Waals surface area contributed by atoms with E-state index in [-0.39, 0.29) is 18.4 Å². The molecule has 1 aliphatic rings. The maximum absolute atomic E-state index is 11.7. The van der Waals surface area contributed by atoms with Gasteiger partial charge in [0.05, 0.1) is 6.04 Å². The first-order chi connectivity index (χ1) is 8.70. The van der Waals surface area contributed by atoms with Gasteiger partial charge in [0.1, 0.15) is 0 Å². The summed E-state index contributed by atoms with van der Waals surface area (Å²) in [5.74, 6) is -0.619. The number of carboxylic acids is 1. The molecule has 0 saturated carbocycles. The van der Waals surface area contributed by atoms with E-state index in [0.29, 0.717) is 6.54 Å². The lowest BCUT2D eigenvalue weighted by atomic mass is 10.0. The van der Waals surface area contributed by atoms with E-state index in [0.717, 1.165) is 51.5 Å². The van der Waals surface area contributed by atoms with E-state index < -0.39 is 5.97 Å². The van der Waals surface area contributed by atoms with Crippen LogP contribution < -0.4 is 10.6 Å². The summed E-state index contributed by atoms with van der Waals surface area (Å²) in [6.07, 6.45) is 7.03. The van der Waals surface area contributed by atoms with Gasteiger partial charge in [0, 0.05) is 13.0 Å². The average Bonchev–Trinajstić information content (AvgIpc) is 2.38. The van der Waals surface area contributed by atoms with Crippen molar-refractivity contribution in [3.05, 3.63) is 0 Å². The summed E-state index contributed by atoms with van der Waals surface area (Å²) < 4.78 is 0. The summed E-state index contributed by atoms with van der Waals surface area (Å²) in [4.78, 5) is 22.0. The molecule has 1 rings (SSSR count). The highest BCUT2D eigenvalue weighted by molar-refractivity contribution is 5.81. The summed E-state index contributed by atoms with van der Waals surface area (Å²) in [6, 6.07) is -0.00856. The lowest BCUT2D eigenvalue weighted by Gasteiger charge is -2.22. The zero-order valence-electron chi connectivity index (χ0n) is 10.9. The predicted molar refractivity (Wildman–Crippen MR) is 69.4 cm³/mol. The van der Waals surface area contributed by atoms with Crippen molar-refractivity contribution in [2.45, 2.75) is 57.4 Å². The smallest absolute Gasteiger partial charge is 0.303 e. The molecule has 0 aliphatic carbocycles. The molecular weight excluding hydrogens is 232 g/mol. The van der Waals surface area contributed by atoms with Crippen molar-refractivity contribution < 1.29 is 14.7 Å². The molecule has 1 aliphatic heterocycles. The number of hydrogen-bond acceptors (Lipinski definition) is 3. The van der Waals surface area contributed by atoms with Crippen LogP contribution in [0.15, 0.2) is 0 Å². The highest BCUT2D eigenvalue weighted by Crippen LogP contribution is 2.07. The van der Waals surface area contributed by atoms with Gasteiger partial charge in [-0.1, -0.05) is 19.3 Å². The number of carboxylic acid groups (broad SMARTS) is 1. The van der Waals surface area contributed by atoms with Crippen LogP contribution in [-0.2, 0) is 9.59 Å². The number of carbonyl (C=O) groups excluding carboxylic acids is 1.